The van der Waals surface area contributed by atoms with Gasteiger partial charge in [0.25, 0.3) is 0 Å². The molecule has 2 rings (SSSR count). The third-order valence-corrected chi connectivity index (χ3v) is 3.12. The number of benzene rings is 1. The van der Waals surface area contributed by atoms with E-state index in [1.165, 1.54) is 11.9 Å². The second-order valence-electron chi connectivity index (χ2n) is 5.13. The van der Waals surface area contributed by atoms with Gasteiger partial charge in [-0.05, 0) is 5.56 Å². The fraction of sp³-hybridized carbons (Fsp3) is 0.267. The van der Waals surface area contributed by atoms with Gasteiger partial charge in [-0.25, -0.2) is 9.97 Å². The minimum atomic E-state index is -0.0188. The molecule has 2 aromatic rings. The van der Waals surface area contributed by atoms with E-state index in [4.69, 9.17) is 5.26 Å². The van der Waals surface area contributed by atoms with E-state index in [9.17, 15) is 0 Å². The Bertz CT molecular complexity index is 601. The predicted molar refractivity (Wildman–Crippen MR) is 79.2 cm³/mol. The van der Waals surface area contributed by atoms with Gasteiger partial charge in [0.05, 0.1) is 0 Å². The van der Waals surface area contributed by atoms with Gasteiger partial charge in [-0.1, -0.05) is 44.2 Å². The van der Waals surface area contributed by atoms with Crippen LogP contribution in [0.5, 0.6) is 0 Å². The van der Waals surface area contributed by atoms with E-state index in [0.29, 0.717) is 11.6 Å². The molecule has 1 aromatic carbocycles. The third-order valence-electron chi connectivity index (χ3n) is 3.12. The summed E-state index contributed by atoms with van der Waals surface area (Å²) in [5.74, 6) is 1.18. The molecule has 0 spiro atoms. The third kappa shape index (κ3) is 3.45. The minimum absolute atomic E-state index is 0.0188. The highest BCUT2D eigenvalue weighted by Gasteiger charge is 2.20. The largest absolute Gasteiger partial charge is 0.369 e. The molecule has 0 aliphatic carbocycles. The molecule has 0 fully saturated rings. The Labute approximate surface area is 118 Å². The van der Waals surface area contributed by atoms with Crippen molar-refractivity contribution in [2.24, 2.45) is 0 Å². The van der Waals surface area contributed by atoms with Crippen LogP contribution in [0.4, 0.5) is 11.6 Å². The first kappa shape index (κ1) is 13.8. The van der Waals surface area contributed by atoms with Crippen LogP contribution in [0.25, 0.3) is 0 Å². The van der Waals surface area contributed by atoms with Crippen molar-refractivity contribution in [2.75, 3.05) is 17.2 Å². The van der Waals surface area contributed by atoms with Crippen molar-refractivity contribution in [1.29, 1.82) is 5.26 Å². The Kier molecular flexibility index (Phi) is 4.16. The zero-order valence-corrected chi connectivity index (χ0v) is 11.6. The van der Waals surface area contributed by atoms with Crippen molar-refractivity contribution in [3.05, 3.63) is 48.3 Å². The van der Waals surface area contributed by atoms with Crippen LogP contribution in [0.3, 0.4) is 0 Å². The number of nitrogens with one attached hydrogen (secondary N) is 2. The zero-order valence-electron chi connectivity index (χ0n) is 11.6. The average Bonchev–Trinajstić information content (AvgIpc) is 2.47. The first-order valence-electron chi connectivity index (χ1n) is 6.38. The normalized spacial score (nSPS) is 10.7. The molecule has 2 N–H and O–H groups in total. The molecular formula is C15H17N5. The fourth-order valence-corrected chi connectivity index (χ4v) is 1.88. The van der Waals surface area contributed by atoms with Crippen LogP contribution < -0.4 is 10.6 Å². The van der Waals surface area contributed by atoms with Crippen LogP contribution in [-0.2, 0) is 5.41 Å². The Balaban J connectivity index is 2.05. The van der Waals surface area contributed by atoms with Gasteiger partial charge in [-0.2, -0.15) is 5.26 Å². The summed E-state index contributed by atoms with van der Waals surface area (Å²) < 4.78 is 0. The minimum Gasteiger partial charge on any atom is -0.369 e. The van der Waals surface area contributed by atoms with Crippen molar-refractivity contribution in [1.82, 2.24) is 9.97 Å². The van der Waals surface area contributed by atoms with Crippen molar-refractivity contribution >= 4 is 11.6 Å². The Morgan fingerprint density at radius 1 is 1.15 bits per heavy atom. The maximum Gasteiger partial charge on any atom is 0.182 e. The summed E-state index contributed by atoms with van der Waals surface area (Å²) in [6.07, 6.45) is 3.27. The quantitative estimate of drug-likeness (QED) is 0.643. The second-order valence-corrected chi connectivity index (χ2v) is 5.13. The molecule has 0 saturated carbocycles. The molecule has 0 amide bonds. The van der Waals surface area contributed by atoms with Gasteiger partial charge in [0.2, 0.25) is 0 Å². The molecule has 0 aliphatic heterocycles. The molecule has 0 bridgehead atoms. The van der Waals surface area contributed by atoms with E-state index in [1.807, 2.05) is 24.4 Å². The number of anilines is 2. The van der Waals surface area contributed by atoms with Crippen LogP contribution >= 0.6 is 0 Å². The van der Waals surface area contributed by atoms with Gasteiger partial charge in [0.15, 0.2) is 6.19 Å². The monoisotopic (exact) mass is 267 g/mol. The molecule has 20 heavy (non-hydrogen) atoms. The van der Waals surface area contributed by atoms with Crippen LogP contribution in [0.1, 0.15) is 19.4 Å². The lowest BCUT2D eigenvalue weighted by molar-refractivity contribution is 0.556. The highest BCUT2D eigenvalue weighted by Crippen LogP contribution is 2.23. The summed E-state index contributed by atoms with van der Waals surface area (Å²) in [5, 5.41) is 14.3. The Morgan fingerprint density at radius 3 is 2.55 bits per heavy atom. The van der Waals surface area contributed by atoms with E-state index in [-0.39, 0.29) is 5.41 Å². The van der Waals surface area contributed by atoms with Gasteiger partial charge < -0.3 is 5.32 Å². The molecule has 5 heteroatoms. The van der Waals surface area contributed by atoms with Gasteiger partial charge in [0, 0.05) is 18.0 Å². The average molecular weight is 267 g/mol. The van der Waals surface area contributed by atoms with E-state index < -0.39 is 0 Å². The van der Waals surface area contributed by atoms with E-state index in [2.05, 4.69) is 46.6 Å². The molecular weight excluding hydrogens is 250 g/mol. The number of rotatable bonds is 5. The smallest absolute Gasteiger partial charge is 0.182 e. The van der Waals surface area contributed by atoms with E-state index >= 15 is 0 Å². The second kappa shape index (κ2) is 6.02. The molecule has 0 aliphatic rings. The van der Waals surface area contributed by atoms with Gasteiger partial charge in [-0.15, -0.1) is 0 Å². The van der Waals surface area contributed by atoms with Crippen molar-refractivity contribution in [2.45, 2.75) is 19.3 Å². The van der Waals surface area contributed by atoms with Gasteiger partial charge in [0.1, 0.15) is 18.0 Å². The standard InChI is InChI=1S/C15H17N5/c1-15(2,12-6-4-3-5-7-12)9-17-13-8-14(18-10-16)20-11-19-13/h3-8,11H,9H2,1-2H3,(H2,17,18,19,20). The van der Waals surface area contributed by atoms with Crippen molar-refractivity contribution in [3.8, 4) is 6.19 Å². The van der Waals surface area contributed by atoms with E-state index in [0.717, 1.165) is 6.54 Å². The first-order chi connectivity index (χ1) is 9.62. The fourth-order valence-electron chi connectivity index (χ4n) is 1.88. The Morgan fingerprint density at radius 2 is 1.85 bits per heavy atom. The maximum atomic E-state index is 8.58. The van der Waals surface area contributed by atoms with Crippen LogP contribution in [0, 0.1) is 11.5 Å². The van der Waals surface area contributed by atoms with Gasteiger partial charge in [-0.3, -0.25) is 5.32 Å². The summed E-state index contributed by atoms with van der Waals surface area (Å²) in [5.41, 5.74) is 1.24. The lowest BCUT2D eigenvalue weighted by atomic mass is 9.85. The summed E-state index contributed by atoms with van der Waals surface area (Å²) in [4.78, 5) is 8.09. The topological polar surface area (TPSA) is 73.6 Å². The molecule has 0 radical (unpaired) electrons. The molecule has 0 unspecified atom stereocenters. The SMILES string of the molecule is CC(C)(CNc1cc(NC#N)ncn1)c1ccccc1. The molecule has 1 aromatic heterocycles. The van der Waals surface area contributed by atoms with E-state index in [1.54, 1.807) is 6.07 Å². The summed E-state index contributed by atoms with van der Waals surface area (Å²) in [7, 11) is 0. The number of nitriles is 1. The predicted octanol–water partition coefficient (Wildman–Crippen LogP) is 2.76. The number of hydrogen-bond acceptors (Lipinski definition) is 5. The number of hydrogen-bond donors (Lipinski definition) is 2. The summed E-state index contributed by atoms with van der Waals surface area (Å²) in [6.45, 7) is 5.08. The zero-order chi connectivity index (χ0) is 14.4. The first-order valence-corrected chi connectivity index (χ1v) is 6.38. The molecule has 0 saturated heterocycles. The molecule has 102 valence electrons. The molecule has 5 nitrogen and oxygen atoms in total. The number of aromatic nitrogens is 2. The van der Waals surface area contributed by atoms with Gasteiger partial charge >= 0.3 is 0 Å². The van der Waals surface area contributed by atoms with Crippen molar-refractivity contribution in [3.63, 3.8) is 0 Å². The lowest BCUT2D eigenvalue weighted by Gasteiger charge is -2.25. The number of nitrogens with zero attached hydrogens (tertiary/aromatic N) is 3. The summed E-state index contributed by atoms with van der Waals surface area (Å²) >= 11 is 0. The van der Waals surface area contributed by atoms with Crippen LogP contribution in [0.2, 0.25) is 0 Å². The highest BCUT2D eigenvalue weighted by atomic mass is 15.1. The summed E-state index contributed by atoms with van der Waals surface area (Å²) in [6, 6.07) is 12.0. The Hall–Kier alpha value is -2.61. The lowest BCUT2D eigenvalue weighted by Crippen LogP contribution is -2.27. The highest BCUT2D eigenvalue weighted by molar-refractivity contribution is 5.48. The van der Waals surface area contributed by atoms with Crippen LogP contribution in [-0.4, -0.2) is 16.5 Å². The maximum absolute atomic E-state index is 8.58. The van der Waals surface area contributed by atoms with Crippen LogP contribution in [0.15, 0.2) is 42.7 Å². The van der Waals surface area contributed by atoms with Crippen molar-refractivity contribution < 1.29 is 0 Å². The molecule has 0 atom stereocenters. The molecule has 1 heterocycles.